The fourth-order valence-electron chi connectivity index (χ4n) is 1.41. The van der Waals surface area contributed by atoms with Crippen molar-refractivity contribution in [3.8, 4) is 5.75 Å². The predicted molar refractivity (Wildman–Crippen MR) is 65.0 cm³/mol. The fourth-order valence-corrected chi connectivity index (χ4v) is 1.41. The number of nitrogens with two attached hydrogens (primary N) is 1. The van der Waals surface area contributed by atoms with Crippen LogP contribution in [0.5, 0.6) is 5.75 Å². The van der Waals surface area contributed by atoms with E-state index in [0.717, 1.165) is 0 Å². The average molecular weight is 276 g/mol. The first-order valence-electron chi connectivity index (χ1n) is 5.62. The highest BCUT2D eigenvalue weighted by Crippen LogP contribution is 2.27. The minimum Gasteiger partial charge on any atom is -0.484 e. The van der Waals surface area contributed by atoms with E-state index in [-0.39, 0.29) is 24.6 Å². The first-order valence-corrected chi connectivity index (χ1v) is 5.62. The van der Waals surface area contributed by atoms with Crippen molar-refractivity contribution in [1.82, 2.24) is 0 Å². The van der Waals surface area contributed by atoms with Crippen molar-refractivity contribution in [2.75, 3.05) is 18.5 Å². The molecule has 0 unspecified atom stereocenters. The number of alkyl halides is 3. The molecule has 0 saturated heterocycles. The van der Waals surface area contributed by atoms with Gasteiger partial charge < -0.3 is 15.8 Å². The lowest BCUT2D eigenvalue weighted by Crippen LogP contribution is -2.20. The van der Waals surface area contributed by atoms with Crippen molar-refractivity contribution in [1.29, 1.82) is 0 Å². The van der Waals surface area contributed by atoms with Crippen LogP contribution in [0.3, 0.4) is 0 Å². The predicted octanol–water partition coefficient (Wildman–Crippen LogP) is 2.22. The second kappa shape index (κ2) is 6.42. The molecule has 0 spiro atoms. The molecule has 0 radical (unpaired) electrons. The van der Waals surface area contributed by atoms with Crippen LogP contribution in [0.4, 0.5) is 18.9 Å². The maximum Gasteiger partial charge on any atom is 0.422 e. The second-order valence-electron chi connectivity index (χ2n) is 3.92. The molecule has 0 bridgehead atoms. The lowest BCUT2D eigenvalue weighted by Gasteiger charge is -2.14. The number of carbonyl (C=O) groups excluding carboxylic acids is 1. The van der Waals surface area contributed by atoms with Gasteiger partial charge in [0, 0.05) is 24.2 Å². The number of anilines is 1. The molecule has 1 aromatic rings. The zero-order valence-corrected chi connectivity index (χ0v) is 10.4. The Labute approximate surface area is 108 Å². The Kier molecular flexibility index (Phi) is 5.17. The van der Waals surface area contributed by atoms with Crippen LogP contribution in [0.1, 0.15) is 12.0 Å². The van der Waals surface area contributed by atoms with Gasteiger partial charge in [0.25, 0.3) is 0 Å². The molecule has 7 heteroatoms. The van der Waals surface area contributed by atoms with Crippen LogP contribution in [0, 0.1) is 6.92 Å². The van der Waals surface area contributed by atoms with Crippen molar-refractivity contribution < 1.29 is 22.7 Å². The Morgan fingerprint density at radius 1 is 1.42 bits per heavy atom. The van der Waals surface area contributed by atoms with Gasteiger partial charge in [-0.25, -0.2) is 0 Å². The molecular weight excluding hydrogens is 261 g/mol. The van der Waals surface area contributed by atoms with Gasteiger partial charge in [0.05, 0.1) is 0 Å². The van der Waals surface area contributed by atoms with E-state index in [1.807, 2.05) is 0 Å². The van der Waals surface area contributed by atoms with Crippen LogP contribution in [-0.2, 0) is 4.79 Å². The van der Waals surface area contributed by atoms with Gasteiger partial charge in [0.15, 0.2) is 6.61 Å². The second-order valence-corrected chi connectivity index (χ2v) is 3.92. The van der Waals surface area contributed by atoms with Crippen LogP contribution < -0.4 is 15.8 Å². The number of nitrogens with one attached hydrogen (secondary N) is 1. The molecule has 0 aromatic heterocycles. The van der Waals surface area contributed by atoms with E-state index in [9.17, 15) is 18.0 Å². The number of rotatable bonds is 5. The minimum absolute atomic E-state index is 0.0860. The van der Waals surface area contributed by atoms with Crippen molar-refractivity contribution in [3.05, 3.63) is 23.8 Å². The molecule has 1 rings (SSSR count). The van der Waals surface area contributed by atoms with Crippen LogP contribution >= 0.6 is 0 Å². The third kappa shape index (κ3) is 5.17. The van der Waals surface area contributed by atoms with Crippen LogP contribution in [0.15, 0.2) is 18.2 Å². The van der Waals surface area contributed by atoms with E-state index in [0.29, 0.717) is 11.3 Å². The van der Waals surface area contributed by atoms with Gasteiger partial charge in [-0.1, -0.05) is 6.07 Å². The zero-order valence-electron chi connectivity index (χ0n) is 10.4. The SMILES string of the molecule is Cc1c(NC(=O)CCN)cccc1OCC(F)(F)F. The first kappa shape index (κ1) is 15.3. The van der Waals surface area contributed by atoms with E-state index >= 15 is 0 Å². The first-order chi connectivity index (χ1) is 8.83. The number of hydrogen-bond donors (Lipinski definition) is 2. The number of hydrogen-bond acceptors (Lipinski definition) is 3. The largest absolute Gasteiger partial charge is 0.484 e. The van der Waals surface area contributed by atoms with E-state index < -0.39 is 12.8 Å². The lowest BCUT2D eigenvalue weighted by atomic mass is 10.1. The average Bonchev–Trinajstić information content (AvgIpc) is 2.29. The van der Waals surface area contributed by atoms with Gasteiger partial charge in [-0.15, -0.1) is 0 Å². The van der Waals surface area contributed by atoms with Gasteiger partial charge in [-0.3, -0.25) is 4.79 Å². The van der Waals surface area contributed by atoms with Crippen molar-refractivity contribution >= 4 is 11.6 Å². The number of halogens is 3. The summed E-state index contributed by atoms with van der Waals surface area (Å²) in [6.45, 7) is 0.410. The minimum atomic E-state index is -4.40. The number of ether oxygens (including phenoxy) is 1. The van der Waals surface area contributed by atoms with Crippen molar-refractivity contribution in [3.63, 3.8) is 0 Å². The molecule has 0 heterocycles. The zero-order chi connectivity index (χ0) is 14.5. The molecule has 0 saturated carbocycles. The summed E-state index contributed by atoms with van der Waals surface area (Å²) in [6.07, 6.45) is -4.25. The van der Waals surface area contributed by atoms with Crippen LogP contribution in [-0.4, -0.2) is 25.2 Å². The molecular formula is C12H15F3N2O2. The van der Waals surface area contributed by atoms with Crippen LogP contribution in [0.2, 0.25) is 0 Å². The van der Waals surface area contributed by atoms with Crippen molar-refractivity contribution in [2.24, 2.45) is 5.73 Å². The normalized spacial score (nSPS) is 11.2. The highest BCUT2D eigenvalue weighted by molar-refractivity contribution is 5.91. The van der Waals surface area contributed by atoms with Gasteiger partial charge in [0.1, 0.15) is 5.75 Å². The third-order valence-electron chi connectivity index (χ3n) is 2.32. The van der Waals surface area contributed by atoms with Gasteiger partial charge in [-0.05, 0) is 19.1 Å². The number of benzene rings is 1. The Hall–Kier alpha value is -1.76. The fraction of sp³-hybridized carbons (Fsp3) is 0.417. The Balaban J connectivity index is 2.77. The summed E-state index contributed by atoms with van der Waals surface area (Å²) in [4.78, 5) is 11.4. The van der Waals surface area contributed by atoms with E-state index in [1.54, 1.807) is 13.0 Å². The number of amides is 1. The standard InChI is InChI=1S/C12H15F3N2O2/c1-8-9(17-11(18)5-6-16)3-2-4-10(8)19-7-12(13,14)15/h2-4H,5-7,16H2,1H3,(H,17,18). The molecule has 19 heavy (non-hydrogen) atoms. The Morgan fingerprint density at radius 2 is 2.11 bits per heavy atom. The lowest BCUT2D eigenvalue weighted by molar-refractivity contribution is -0.153. The highest BCUT2D eigenvalue weighted by atomic mass is 19.4. The molecule has 0 atom stereocenters. The molecule has 0 aliphatic carbocycles. The maximum atomic E-state index is 12.1. The quantitative estimate of drug-likeness (QED) is 0.866. The summed E-state index contributed by atoms with van der Waals surface area (Å²) >= 11 is 0. The Morgan fingerprint density at radius 3 is 2.68 bits per heavy atom. The third-order valence-corrected chi connectivity index (χ3v) is 2.32. The van der Waals surface area contributed by atoms with Crippen molar-refractivity contribution in [2.45, 2.75) is 19.5 Å². The summed E-state index contributed by atoms with van der Waals surface area (Å²) in [5, 5.41) is 2.57. The summed E-state index contributed by atoms with van der Waals surface area (Å²) in [5.41, 5.74) is 6.09. The summed E-state index contributed by atoms with van der Waals surface area (Å²) < 4.78 is 40.9. The summed E-state index contributed by atoms with van der Waals surface area (Å²) in [7, 11) is 0. The smallest absolute Gasteiger partial charge is 0.422 e. The molecule has 0 aliphatic rings. The summed E-state index contributed by atoms with van der Waals surface area (Å²) in [6, 6.07) is 4.51. The van der Waals surface area contributed by atoms with Gasteiger partial charge in [0.2, 0.25) is 5.91 Å². The molecule has 106 valence electrons. The van der Waals surface area contributed by atoms with E-state index in [1.165, 1.54) is 12.1 Å². The monoisotopic (exact) mass is 276 g/mol. The Bertz CT molecular complexity index is 447. The summed E-state index contributed by atoms with van der Waals surface area (Å²) in [5.74, 6) is -0.207. The van der Waals surface area contributed by atoms with Crippen LogP contribution in [0.25, 0.3) is 0 Å². The molecule has 3 N–H and O–H groups in total. The van der Waals surface area contributed by atoms with Gasteiger partial charge >= 0.3 is 6.18 Å². The highest BCUT2D eigenvalue weighted by Gasteiger charge is 2.28. The van der Waals surface area contributed by atoms with E-state index in [2.05, 4.69) is 10.1 Å². The molecule has 4 nitrogen and oxygen atoms in total. The maximum absolute atomic E-state index is 12.1. The molecule has 0 aliphatic heterocycles. The van der Waals surface area contributed by atoms with E-state index in [4.69, 9.17) is 5.73 Å². The molecule has 1 amide bonds. The molecule has 0 fully saturated rings. The molecule has 1 aromatic carbocycles. The number of carbonyl (C=O) groups is 1. The topological polar surface area (TPSA) is 64.4 Å². The van der Waals surface area contributed by atoms with Gasteiger partial charge in [-0.2, -0.15) is 13.2 Å².